The molecule has 0 spiro atoms. The summed E-state index contributed by atoms with van der Waals surface area (Å²) >= 11 is 5.71. The normalized spacial score (nSPS) is 12.0. The second kappa shape index (κ2) is 14.3. The summed E-state index contributed by atoms with van der Waals surface area (Å²) in [5, 5.41) is 0. The summed E-state index contributed by atoms with van der Waals surface area (Å²) < 4.78 is 18.2. The minimum Gasteiger partial charge on any atom is -0.373 e. The van der Waals surface area contributed by atoms with Gasteiger partial charge in [-0.15, -0.1) is 11.6 Å². The lowest BCUT2D eigenvalue weighted by Gasteiger charge is -2.29. The van der Waals surface area contributed by atoms with E-state index in [4.69, 9.17) is 24.9 Å². The fourth-order valence-electron chi connectivity index (χ4n) is 1.90. The van der Waals surface area contributed by atoms with Gasteiger partial charge in [0.05, 0.1) is 0 Å². The average molecular weight is 325 g/mol. The molecule has 122 valence electrons. The van der Waals surface area contributed by atoms with Crippen molar-refractivity contribution in [3.05, 3.63) is 0 Å². The lowest BCUT2D eigenvalue weighted by Crippen LogP contribution is -2.46. The van der Waals surface area contributed by atoms with Crippen molar-refractivity contribution in [2.75, 3.05) is 25.7 Å². The number of hydrogen-bond donors (Lipinski definition) is 0. The highest BCUT2D eigenvalue weighted by Gasteiger charge is 2.40. The molecule has 5 heteroatoms. The highest BCUT2D eigenvalue weighted by Crippen LogP contribution is 2.21. The zero-order valence-electron chi connectivity index (χ0n) is 13.6. The topological polar surface area (TPSA) is 27.7 Å². The van der Waals surface area contributed by atoms with Crippen molar-refractivity contribution < 1.29 is 13.3 Å². The summed E-state index contributed by atoms with van der Waals surface area (Å²) in [4.78, 5) is 0. The Morgan fingerprint density at radius 3 is 1.55 bits per heavy atom. The Morgan fingerprint density at radius 1 is 0.700 bits per heavy atom. The zero-order valence-corrected chi connectivity index (χ0v) is 15.3. The van der Waals surface area contributed by atoms with Crippen LogP contribution in [-0.2, 0) is 13.3 Å². The largest absolute Gasteiger partial charge is 0.500 e. The van der Waals surface area contributed by atoms with Gasteiger partial charge in [-0.25, -0.2) is 0 Å². The minimum absolute atomic E-state index is 0.737. The highest BCUT2D eigenvalue weighted by atomic mass is 35.5. The van der Waals surface area contributed by atoms with Crippen molar-refractivity contribution in [2.45, 2.75) is 71.8 Å². The van der Waals surface area contributed by atoms with E-state index in [1.807, 2.05) is 0 Å². The van der Waals surface area contributed by atoms with Crippen molar-refractivity contribution in [1.82, 2.24) is 0 Å². The molecule has 0 atom stereocenters. The van der Waals surface area contributed by atoms with Crippen molar-refractivity contribution in [3.8, 4) is 0 Å². The molecule has 0 aromatic carbocycles. The molecule has 0 aliphatic rings. The Labute approximate surface area is 131 Å². The molecule has 0 aromatic heterocycles. The summed E-state index contributed by atoms with van der Waals surface area (Å²) in [7, 11) is -2.45. The number of halogens is 1. The van der Waals surface area contributed by atoms with Crippen molar-refractivity contribution in [3.63, 3.8) is 0 Å². The monoisotopic (exact) mass is 324 g/mol. The highest BCUT2D eigenvalue weighted by molar-refractivity contribution is 6.60. The van der Waals surface area contributed by atoms with Crippen LogP contribution in [0.4, 0.5) is 0 Å². The molecular formula is C15H33ClO3Si. The molecule has 0 bridgehead atoms. The number of alkyl halides is 1. The summed E-state index contributed by atoms with van der Waals surface area (Å²) in [6.45, 7) is 8.59. The van der Waals surface area contributed by atoms with E-state index in [0.29, 0.717) is 0 Å². The van der Waals surface area contributed by atoms with Crippen LogP contribution < -0.4 is 0 Å². The first-order chi connectivity index (χ1) is 9.74. The summed E-state index contributed by atoms with van der Waals surface area (Å²) in [6, 6.07) is 0.940. The smallest absolute Gasteiger partial charge is 0.373 e. The molecule has 3 nitrogen and oxygen atoms in total. The Balaban J connectivity index is 4.34. The second-order valence-electron chi connectivity index (χ2n) is 5.08. The molecule has 0 rings (SSSR count). The van der Waals surface area contributed by atoms with Gasteiger partial charge in [0.2, 0.25) is 0 Å². The molecule has 0 aliphatic heterocycles. The van der Waals surface area contributed by atoms with Crippen molar-refractivity contribution >= 4 is 20.4 Å². The fourth-order valence-corrected chi connectivity index (χ4v) is 5.00. The first kappa shape index (κ1) is 20.4. The van der Waals surface area contributed by atoms with Gasteiger partial charge < -0.3 is 13.3 Å². The van der Waals surface area contributed by atoms with Crippen LogP contribution in [0.1, 0.15) is 65.7 Å². The second-order valence-corrected chi connectivity index (χ2v) is 8.19. The van der Waals surface area contributed by atoms with Crippen molar-refractivity contribution in [2.24, 2.45) is 0 Å². The molecule has 20 heavy (non-hydrogen) atoms. The lowest BCUT2D eigenvalue weighted by molar-refractivity contribution is 0.0586. The van der Waals surface area contributed by atoms with E-state index < -0.39 is 8.80 Å². The van der Waals surface area contributed by atoms with E-state index in [2.05, 4.69) is 20.8 Å². The molecule has 0 unspecified atom stereocenters. The van der Waals surface area contributed by atoms with Gasteiger partial charge in [-0.05, 0) is 32.1 Å². The van der Waals surface area contributed by atoms with Gasteiger partial charge in [-0.3, -0.25) is 0 Å². The predicted molar refractivity (Wildman–Crippen MR) is 88.5 cm³/mol. The maximum Gasteiger partial charge on any atom is 0.500 e. The van der Waals surface area contributed by atoms with Crippen LogP contribution in [0, 0.1) is 0 Å². The first-order valence-corrected chi connectivity index (χ1v) is 10.7. The summed E-state index contributed by atoms with van der Waals surface area (Å²) in [5.74, 6) is 0.758. The molecule has 0 amide bonds. The van der Waals surface area contributed by atoms with E-state index in [1.165, 1.54) is 12.8 Å². The van der Waals surface area contributed by atoms with Gasteiger partial charge in [-0.2, -0.15) is 0 Å². The van der Waals surface area contributed by atoms with E-state index >= 15 is 0 Å². The molecular weight excluding hydrogens is 292 g/mol. The van der Waals surface area contributed by atoms with Gasteiger partial charge in [0.25, 0.3) is 0 Å². The Hall–Kier alpha value is 0.387. The molecule has 0 heterocycles. The van der Waals surface area contributed by atoms with E-state index in [1.54, 1.807) is 0 Å². The summed E-state index contributed by atoms with van der Waals surface area (Å²) in [5.41, 5.74) is 0. The molecule has 0 aromatic rings. The third-order valence-corrected chi connectivity index (χ3v) is 6.11. The maximum absolute atomic E-state index is 6.06. The molecule has 0 aliphatic carbocycles. The van der Waals surface area contributed by atoms with Gasteiger partial charge in [0, 0.05) is 31.7 Å². The molecule has 0 saturated carbocycles. The van der Waals surface area contributed by atoms with Gasteiger partial charge in [-0.1, -0.05) is 33.6 Å². The standard InChI is InChI=1S/C15H33ClO3Si/c1-4-12-17-20(18-13-5-2,19-14-6-3)15-10-8-7-9-11-16/h4-15H2,1-3H3. The third-order valence-electron chi connectivity index (χ3n) is 2.94. The number of hydrogen-bond acceptors (Lipinski definition) is 3. The molecule has 0 saturated heterocycles. The third kappa shape index (κ3) is 10.2. The quantitative estimate of drug-likeness (QED) is 0.241. The van der Waals surface area contributed by atoms with E-state index in [-0.39, 0.29) is 0 Å². The Kier molecular flexibility index (Phi) is 14.6. The minimum atomic E-state index is -2.45. The number of unbranched alkanes of at least 4 members (excludes halogenated alkanes) is 3. The Bertz CT molecular complexity index is 184. The lowest BCUT2D eigenvalue weighted by atomic mass is 10.2. The summed E-state index contributed by atoms with van der Waals surface area (Å²) in [6.07, 6.45) is 7.59. The first-order valence-electron chi connectivity index (χ1n) is 8.22. The maximum atomic E-state index is 6.06. The van der Waals surface area contributed by atoms with E-state index in [9.17, 15) is 0 Å². The van der Waals surface area contributed by atoms with Crippen molar-refractivity contribution in [1.29, 1.82) is 0 Å². The van der Waals surface area contributed by atoms with Crippen LogP contribution in [0.2, 0.25) is 6.04 Å². The Morgan fingerprint density at radius 2 is 1.15 bits per heavy atom. The van der Waals surface area contributed by atoms with Gasteiger partial charge in [0.15, 0.2) is 0 Å². The van der Waals surface area contributed by atoms with Crippen LogP contribution in [0.3, 0.4) is 0 Å². The fraction of sp³-hybridized carbons (Fsp3) is 1.00. The zero-order chi connectivity index (χ0) is 15.1. The van der Waals surface area contributed by atoms with Gasteiger partial charge in [0.1, 0.15) is 0 Å². The molecule has 0 N–H and O–H groups in total. The average Bonchev–Trinajstić information content (AvgIpc) is 2.48. The van der Waals surface area contributed by atoms with Gasteiger partial charge >= 0.3 is 8.80 Å². The van der Waals surface area contributed by atoms with Crippen LogP contribution in [0.25, 0.3) is 0 Å². The van der Waals surface area contributed by atoms with Crippen LogP contribution in [0.15, 0.2) is 0 Å². The predicted octanol–water partition coefficient (Wildman–Crippen LogP) is 5.00. The van der Waals surface area contributed by atoms with Crippen LogP contribution in [-0.4, -0.2) is 34.5 Å². The van der Waals surface area contributed by atoms with Crippen LogP contribution in [0.5, 0.6) is 0 Å². The number of rotatable bonds is 15. The molecule has 0 fully saturated rings. The molecule has 0 radical (unpaired) electrons. The SMILES string of the molecule is CCCO[Si](CCCCCCCl)(OCCC)OCCC. The van der Waals surface area contributed by atoms with Crippen LogP contribution >= 0.6 is 11.6 Å². The van der Waals surface area contributed by atoms with E-state index in [0.717, 1.165) is 63.8 Å².